The van der Waals surface area contributed by atoms with Crippen LogP contribution >= 0.6 is 11.8 Å². The van der Waals surface area contributed by atoms with Crippen molar-refractivity contribution in [3.63, 3.8) is 0 Å². The lowest BCUT2D eigenvalue weighted by atomic mass is 9.88. The molecule has 2 aromatic heterocycles. The summed E-state index contributed by atoms with van der Waals surface area (Å²) in [5.41, 5.74) is 1.73. The minimum atomic E-state index is -0.312. The van der Waals surface area contributed by atoms with E-state index >= 15 is 0 Å². The van der Waals surface area contributed by atoms with Gasteiger partial charge in [0, 0.05) is 17.7 Å². The smallest absolute Gasteiger partial charge is 0.227 e. The Morgan fingerprint density at radius 3 is 3.18 bits per heavy atom. The zero-order chi connectivity index (χ0) is 15.1. The molecule has 0 saturated carbocycles. The summed E-state index contributed by atoms with van der Waals surface area (Å²) >= 11 is 1.59. The maximum Gasteiger partial charge on any atom is 0.227 e. The van der Waals surface area contributed by atoms with E-state index in [1.165, 1.54) is 0 Å². The predicted octanol–water partition coefficient (Wildman–Crippen LogP) is 3.01. The molecule has 1 N–H and O–H groups in total. The minimum Gasteiger partial charge on any atom is -0.467 e. The molecular formula is C15H16N4O2S. The highest BCUT2D eigenvalue weighted by Gasteiger charge is 2.38. The van der Waals surface area contributed by atoms with Crippen molar-refractivity contribution in [3.8, 4) is 0 Å². The van der Waals surface area contributed by atoms with Gasteiger partial charge in [-0.1, -0.05) is 18.7 Å². The number of Topliss-reactive ketones (excluding diaryl/α,β-unsaturated/α-hetero) is 1. The highest BCUT2D eigenvalue weighted by molar-refractivity contribution is 7.99. The van der Waals surface area contributed by atoms with E-state index in [1.54, 1.807) is 22.7 Å². The van der Waals surface area contributed by atoms with Crippen molar-refractivity contribution in [2.45, 2.75) is 37.4 Å². The second-order valence-electron chi connectivity index (χ2n) is 5.31. The summed E-state index contributed by atoms with van der Waals surface area (Å²) in [4.78, 5) is 17.0. The first-order valence-corrected chi connectivity index (χ1v) is 8.42. The first-order chi connectivity index (χ1) is 10.8. The Balaban J connectivity index is 1.86. The number of thioether (sulfide) groups is 1. The van der Waals surface area contributed by atoms with Gasteiger partial charge in [-0.3, -0.25) is 4.79 Å². The summed E-state index contributed by atoms with van der Waals surface area (Å²) < 4.78 is 7.36. The number of allylic oxidation sites excluding steroid dienone is 2. The SMILES string of the molecule is CCSc1nc2n(n1)C(c1ccco1)C1=C(CCCC1=O)N2. The number of carbonyl (C=O) groups is 1. The predicted molar refractivity (Wildman–Crippen MR) is 82.8 cm³/mol. The average molecular weight is 316 g/mol. The molecule has 0 amide bonds. The molecule has 2 aromatic rings. The number of nitrogens with zero attached hydrogens (tertiary/aromatic N) is 3. The Kier molecular flexibility index (Phi) is 3.29. The number of fused-ring (bicyclic) bond motifs is 1. The van der Waals surface area contributed by atoms with Gasteiger partial charge in [-0.05, 0) is 30.7 Å². The molecule has 0 saturated heterocycles. The lowest BCUT2D eigenvalue weighted by molar-refractivity contribution is -0.116. The van der Waals surface area contributed by atoms with Crippen LogP contribution in [0.4, 0.5) is 5.95 Å². The molecule has 6 nitrogen and oxygen atoms in total. The number of carbonyl (C=O) groups excluding carboxylic acids is 1. The van der Waals surface area contributed by atoms with Crippen LogP contribution in [0.25, 0.3) is 0 Å². The van der Waals surface area contributed by atoms with Gasteiger partial charge < -0.3 is 9.73 Å². The summed E-state index contributed by atoms with van der Waals surface area (Å²) in [7, 11) is 0. The number of hydrogen-bond donors (Lipinski definition) is 1. The number of rotatable bonds is 3. The van der Waals surface area contributed by atoms with Crippen LogP contribution in [0, 0.1) is 0 Å². The molecule has 2 aliphatic rings. The van der Waals surface area contributed by atoms with E-state index < -0.39 is 0 Å². The summed E-state index contributed by atoms with van der Waals surface area (Å²) in [6, 6.07) is 3.41. The van der Waals surface area contributed by atoms with E-state index in [0.717, 1.165) is 35.6 Å². The summed E-state index contributed by atoms with van der Waals surface area (Å²) in [6.07, 6.45) is 3.95. The van der Waals surface area contributed by atoms with Gasteiger partial charge in [0.25, 0.3) is 0 Å². The number of furan rings is 1. The van der Waals surface area contributed by atoms with Crippen LogP contribution in [0.15, 0.2) is 39.2 Å². The number of nitrogens with one attached hydrogen (secondary N) is 1. The third-order valence-corrected chi connectivity index (χ3v) is 4.65. The zero-order valence-electron chi connectivity index (χ0n) is 12.2. The van der Waals surface area contributed by atoms with Gasteiger partial charge in [0.05, 0.1) is 6.26 Å². The first kappa shape index (κ1) is 13.6. The van der Waals surface area contributed by atoms with Crippen molar-refractivity contribution >= 4 is 23.5 Å². The van der Waals surface area contributed by atoms with Crippen LogP contribution < -0.4 is 5.32 Å². The second-order valence-corrected chi connectivity index (χ2v) is 6.54. The molecule has 0 spiro atoms. The molecule has 22 heavy (non-hydrogen) atoms. The molecule has 1 aliphatic heterocycles. The molecule has 3 heterocycles. The Bertz CT molecular complexity index is 748. The van der Waals surface area contributed by atoms with Gasteiger partial charge in [0.15, 0.2) is 5.78 Å². The maximum absolute atomic E-state index is 12.5. The molecule has 4 rings (SSSR count). The van der Waals surface area contributed by atoms with Crippen LogP contribution in [0.2, 0.25) is 0 Å². The lowest BCUT2D eigenvalue weighted by Crippen LogP contribution is -2.31. The van der Waals surface area contributed by atoms with E-state index in [1.807, 2.05) is 12.1 Å². The average Bonchev–Trinajstić information content (AvgIpc) is 3.14. The second kappa shape index (κ2) is 5.31. The molecule has 114 valence electrons. The minimum absolute atomic E-state index is 0.168. The molecular weight excluding hydrogens is 300 g/mol. The van der Waals surface area contributed by atoms with Gasteiger partial charge >= 0.3 is 0 Å². The van der Waals surface area contributed by atoms with E-state index in [-0.39, 0.29) is 11.8 Å². The van der Waals surface area contributed by atoms with E-state index in [2.05, 4.69) is 22.3 Å². The highest BCUT2D eigenvalue weighted by Crippen LogP contribution is 2.40. The van der Waals surface area contributed by atoms with Crippen LogP contribution in [0.1, 0.15) is 38.0 Å². The Labute approximate surface area is 132 Å². The molecule has 7 heteroatoms. The fraction of sp³-hybridized carbons (Fsp3) is 0.400. The largest absolute Gasteiger partial charge is 0.467 e. The van der Waals surface area contributed by atoms with Crippen molar-refractivity contribution in [3.05, 3.63) is 35.4 Å². The Morgan fingerprint density at radius 1 is 1.50 bits per heavy atom. The number of anilines is 1. The third kappa shape index (κ3) is 2.08. The van der Waals surface area contributed by atoms with E-state index in [9.17, 15) is 4.79 Å². The fourth-order valence-corrected chi connectivity index (χ4v) is 3.59. The van der Waals surface area contributed by atoms with Crippen LogP contribution in [0.5, 0.6) is 0 Å². The molecule has 1 unspecified atom stereocenters. The summed E-state index contributed by atoms with van der Waals surface area (Å²) in [5.74, 6) is 2.48. The van der Waals surface area contributed by atoms with Gasteiger partial charge in [-0.15, -0.1) is 5.10 Å². The van der Waals surface area contributed by atoms with Gasteiger partial charge in [0.2, 0.25) is 11.1 Å². The van der Waals surface area contributed by atoms with Crippen molar-refractivity contribution < 1.29 is 9.21 Å². The number of ketones is 1. The van der Waals surface area contributed by atoms with Crippen LogP contribution in [-0.2, 0) is 4.79 Å². The van der Waals surface area contributed by atoms with Gasteiger partial charge in [-0.2, -0.15) is 4.98 Å². The molecule has 0 bridgehead atoms. The van der Waals surface area contributed by atoms with Crippen LogP contribution in [-0.4, -0.2) is 26.3 Å². The van der Waals surface area contributed by atoms with Crippen molar-refractivity contribution in [2.75, 3.05) is 11.1 Å². The molecule has 1 atom stereocenters. The topological polar surface area (TPSA) is 73.0 Å². The quantitative estimate of drug-likeness (QED) is 0.878. The molecule has 0 fully saturated rings. The number of aromatic nitrogens is 3. The molecule has 1 aliphatic carbocycles. The maximum atomic E-state index is 12.5. The van der Waals surface area contributed by atoms with Crippen LogP contribution in [0.3, 0.4) is 0 Å². The van der Waals surface area contributed by atoms with Crippen molar-refractivity contribution in [1.29, 1.82) is 0 Å². The highest BCUT2D eigenvalue weighted by atomic mass is 32.2. The Hall–Kier alpha value is -2.02. The van der Waals surface area contributed by atoms with Gasteiger partial charge in [0.1, 0.15) is 11.8 Å². The monoisotopic (exact) mass is 316 g/mol. The normalized spacial score (nSPS) is 20.6. The van der Waals surface area contributed by atoms with E-state index in [0.29, 0.717) is 17.5 Å². The van der Waals surface area contributed by atoms with Crippen molar-refractivity contribution in [2.24, 2.45) is 0 Å². The molecule has 0 radical (unpaired) electrons. The zero-order valence-corrected chi connectivity index (χ0v) is 13.0. The molecule has 0 aromatic carbocycles. The standard InChI is InChI=1S/C15H16N4O2S/c1-2-22-15-17-14-16-9-5-3-6-10(20)12(9)13(19(14)18-15)11-7-4-8-21-11/h4,7-8,13H,2-3,5-6H2,1H3,(H,16,17,18). The summed E-state index contributed by atoms with van der Waals surface area (Å²) in [6.45, 7) is 2.06. The first-order valence-electron chi connectivity index (χ1n) is 7.44. The van der Waals surface area contributed by atoms with Crippen molar-refractivity contribution in [1.82, 2.24) is 14.8 Å². The Morgan fingerprint density at radius 2 is 2.41 bits per heavy atom. The lowest BCUT2D eigenvalue weighted by Gasteiger charge is -2.30. The third-order valence-electron chi connectivity index (χ3n) is 3.93. The fourth-order valence-electron chi connectivity index (χ4n) is 3.04. The van der Waals surface area contributed by atoms with Gasteiger partial charge in [-0.25, -0.2) is 4.68 Å². The number of hydrogen-bond acceptors (Lipinski definition) is 6. The summed E-state index contributed by atoms with van der Waals surface area (Å²) in [5, 5.41) is 8.57. The van der Waals surface area contributed by atoms with E-state index in [4.69, 9.17) is 4.42 Å².